The van der Waals surface area contributed by atoms with E-state index in [0.29, 0.717) is 5.75 Å². The van der Waals surface area contributed by atoms with E-state index in [1.807, 2.05) is 0 Å². The van der Waals surface area contributed by atoms with Gasteiger partial charge in [0.2, 0.25) is 0 Å². The zero-order valence-electron chi connectivity index (χ0n) is 30.5. The second-order valence-electron chi connectivity index (χ2n) is 19.0. The molecule has 4 heteroatoms. The largest absolute Gasteiger partial charge is 0.507 e. The maximum Gasteiger partial charge on any atom is 0.128 e. The summed E-state index contributed by atoms with van der Waals surface area (Å²) < 4.78 is 13.2. The van der Waals surface area contributed by atoms with Crippen molar-refractivity contribution >= 4 is 16.5 Å². The van der Waals surface area contributed by atoms with Crippen molar-refractivity contribution in [3.8, 4) is 33.8 Å². The van der Waals surface area contributed by atoms with E-state index in [1.165, 1.54) is 72.9 Å². The fraction of sp³-hybridized carbons (Fsp3) is 0.522. The minimum absolute atomic E-state index is 0.0819. The zero-order valence-corrected chi connectivity index (χ0v) is 30.5. The van der Waals surface area contributed by atoms with Gasteiger partial charge in [-0.25, -0.2) is 0 Å². The summed E-state index contributed by atoms with van der Waals surface area (Å²) in [5.74, 6) is 3.79. The third-order valence-corrected chi connectivity index (χ3v) is 13.8. The molecular formula is C46H53NO3. The standard InChI is InChI=1S/C46H53NO3/c1-43(2)26-44(3,4)28-46(27-43)38-8-6-5-7-34(38)42-37-21-41(50-45-23-29-17-30(24-45)19-31(18-29)25-45)35(20-36(37)40(48)22-39(42)46)32-9-11-33(12-10-32)47-13-15-49-16-14-47/h5-12,20-22,29-31,48H,13-19,23-28H2,1-4H3. The Morgan fingerprint density at radius 1 is 0.700 bits per heavy atom. The zero-order chi connectivity index (χ0) is 34.0. The van der Waals surface area contributed by atoms with E-state index in [-0.39, 0.29) is 21.8 Å². The molecule has 11 rings (SSSR count). The number of aromatic hydroxyl groups is 1. The molecule has 1 saturated heterocycles. The summed E-state index contributed by atoms with van der Waals surface area (Å²) in [6, 6.07) is 25.0. The number of fused-ring (bicyclic) bond motifs is 7. The molecule has 1 spiro atoms. The van der Waals surface area contributed by atoms with Gasteiger partial charge in [-0.1, -0.05) is 64.1 Å². The normalized spacial score (nSPS) is 29.7. The fourth-order valence-corrected chi connectivity index (χ4v) is 13.2. The lowest BCUT2D eigenvalue weighted by Gasteiger charge is -2.56. The highest BCUT2D eigenvalue weighted by Crippen LogP contribution is 2.65. The summed E-state index contributed by atoms with van der Waals surface area (Å²) in [4.78, 5) is 2.41. The van der Waals surface area contributed by atoms with Crippen LogP contribution >= 0.6 is 0 Å². The van der Waals surface area contributed by atoms with Crippen molar-refractivity contribution in [3.05, 3.63) is 77.9 Å². The van der Waals surface area contributed by atoms with E-state index in [2.05, 4.69) is 99.3 Å². The lowest BCUT2D eigenvalue weighted by molar-refractivity contribution is -0.107. The molecule has 7 aliphatic rings. The number of nitrogens with zero attached hydrogens (tertiary/aromatic N) is 1. The van der Waals surface area contributed by atoms with Crippen molar-refractivity contribution in [1.82, 2.24) is 0 Å². The highest BCUT2D eigenvalue weighted by Gasteiger charge is 2.55. The number of ether oxygens (including phenoxy) is 2. The van der Waals surface area contributed by atoms with E-state index < -0.39 is 0 Å². The lowest BCUT2D eigenvalue weighted by Crippen LogP contribution is -2.53. The van der Waals surface area contributed by atoms with Gasteiger partial charge in [0.15, 0.2) is 0 Å². The monoisotopic (exact) mass is 667 g/mol. The number of morpholine rings is 1. The Labute approximate surface area is 298 Å². The first-order valence-corrected chi connectivity index (χ1v) is 19.6. The van der Waals surface area contributed by atoms with Gasteiger partial charge in [0.1, 0.15) is 17.1 Å². The van der Waals surface area contributed by atoms with Crippen LogP contribution in [0.2, 0.25) is 0 Å². The molecule has 0 amide bonds. The van der Waals surface area contributed by atoms with Gasteiger partial charge in [-0.2, -0.15) is 0 Å². The van der Waals surface area contributed by atoms with E-state index >= 15 is 0 Å². The third-order valence-electron chi connectivity index (χ3n) is 13.8. The van der Waals surface area contributed by atoms with Crippen LogP contribution in [0.3, 0.4) is 0 Å². The van der Waals surface area contributed by atoms with Crippen LogP contribution in [0.25, 0.3) is 33.0 Å². The molecule has 0 radical (unpaired) electrons. The molecule has 4 nitrogen and oxygen atoms in total. The Morgan fingerprint density at radius 2 is 1.34 bits per heavy atom. The second-order valence-corrected chi connectivity index (χ2v) is 19.0. The lowest BCUT2D eigenvalue weighted by atomic mass is 9.52. The number of phenolic OH excluding ortho intramolecular Hbond substituents is 1. The van der Waals surface area contributed by atoms with Gasteiger partial charge in [0.25, 0.3) is 0 Å². The van der Waals surface area contributed by atoms with Crippen molar-refractivity contribution in [2.75, 3.05) is 31.2 Å². The summed E-state index contributed by atoms with van der Waals surface area (Å²) in [6.07, 6.45) is 11.1. The van der Waals surface area contributed by atoms with Crippen LogP contribution in [-0.2, 0) is 10.2 Å². The molecule has 0 atom stereocenters. The molecule has 1 heterocycles. The summed E-state index contributed by atoms with van der Waals surface area (Å²) in [7, 11) is 0. The molecule has 4 aromatic rings. The van der Waals surface area contributed by atoms with Crippen LogP contribution in [0.5, 0.6) is 11.5 Å². The molecular weight excluding hydrogens is 615 g/mol. The predicted molar refractivity (Wildman–Crippen MR) is 203 cm³/mol. The Hall–Kier alpha value is -3.50. The smallest absolute Gasteiger partial charge is 0.128 e. The number of rotatable bonds is 4. The van der Waals surface area contributed by atoms with Crippen molar-refractivity contribution < 1.29 is 14.6 Å². The molecule has 1 N–H and O–H groups in total. The predicted octanol–water partition coefficient (Wildman–Crippen LogP) is 10.9. The number of phenols is 1. The molecule has 6 fully saturated rings. The topological polar surface area (TPSA) is 41.9 Å². The average Bonchev–Trinajstić information content (AvgIpc) is 3.30. The molecule has 260 valence electrons. The van der Waals surface area contributed by atoms with E-state index in [0.717, 1.165) is 84.5 Å². The highest BCUT2D eigenvalue weighted by molar-refractivity contribution is 6.07. The van der Waals surface area contributed by atoms with E-state index in [1.54, 1.807) is 0 Å². The maximum absolute atomic E-state index is 12.1. The van der Waals surface area contributed by atoms with Gasteiger partial charge in [-0.05, 0) is 150 Å². The molecule has 1 aliphatic heterocycles. The second kappa shape index (κ2) is 10.8. The molecule has 50 heavy (non-hydrogen) atoms. The summed E-state index contributed by atoms with van der Waals surface area (Å²) in [5, 5.41) is 14.2. The average molecular weight is 668 g/mol. The van der Waals surface area contributed by atoms with Crippen LogP contribution in [0.15, 0.2) is 66.7 Å². The Kier molecular flexibility index (Phi) is 6.73. The van der Waals surface area contributed by atoms with Crippen LogP contribution in [0, 0.1) is 28.6 Å². The SMILES string of the molecule is CC1(C)CC(C)(C)CC2(C1)c1ccccc1-c1c2cc(O)c2cc(-c3ccc(N4CCOCC4)cc3)c(OC34CC5CC(CC(C5)C3)C4)cc12. The number of anilines is 1. The molecule has 4 bridgehead atoms. The van der Waals surface area contributed by atoms with Crippen molar-refractivity contribution in [1.29, 1.82) is 0 Å². The highest BCUT2D eigenvalue weighted by atomic mass is 16.5. The minimum Gasteiger partial charge on any atom is -0.507 e. The minimum atomic E-state index is -0.127. The molecule has 0 aromatic heterocycles. The van der Waals surface area contributed by atoms with Gasteiger partial charge >= 0.3 is 0 Å². The Morgan fingerprint density at radius 3 is 2.00 bits per heavy atom. The first kappa shape index (κ1) is 31.3. The van der Waals surface area contributed by atoms with E-state index in [9.17, 15) is 5.11 Å². The first-order chi connectivity index (χ1) is 24.0. The fourth-order valence-electron chi connectivity index (χ4n) is 13.2. The quantitative estimate of drug-likeness (QED) is 0.235. The molecule has 6 aliphatic carbocycles. The molecule has 4 aromatic carbocycles. The number of hydrogen-bond acceptors (Lipinski definition) is 4. The van der Waals surface area contributed by atoms with E-state index in [4.69, 9.17) is 9.47 Å². The number of benzene rings is 4. The van der Waals surface area contributed by atoms with Gasteiger partial charge < -0.3 is 19.5 Å². The van der Waals surface area contributed by atoms with Gasteiger partial charge in [-0.3, -0.25) is 0 Å². The van der Waals surface area contributed by atoms with Crippen molar-refractivity contribution in [2.24, 2.45) is 28.6 Å². The van der Waals surface area contributed by atoms with Crippen molar-refractivity contribution in [2.45, 2.75) is 96.5 Å². The molecule has 0 unspecified atom stereocenters. The maximum atomic E-state index is 12.1. The van der Waals surface area contributed by atoms with Crippen LogP contribution < -0.4 is 9.64 Å². The Bertz CT molecular complexity index is 1950. The van der Waals surface area contributed by atoms with Crippen LogP contribution in [-0.4, -0.2) is 37.0 Å². The first-order valence-electron chi connectivity index (χ1n) is 19.6. The molecule has 5 saturated carbocycles. The third kappa shape index (κ3) is 4.87. The van der Waals surface area contributed by atoms with Gasteiger partial charge in [0, 0.05) is 35.1 Å². The van der Waals surface area contributed by atoms with Crippen LogP contribution in [0.4, 0.5) is 5.69 Å². The summed E-state index contributed by atoms with van der Waals surface area (Å²) in [6.45, 7) is 13.2. The summed E-state index contributed by atoms with van der Waals surface area (Å²) >= 11 is 0. The number of hydrogen-bond donors (Lipinski definition) is 1. The van der Waals surface area contributed by atoms with Gasteiger partial charge in [-0.15, -0.1) is 0 Å². The van der Waals surface area contributed by atoms with Crippen LogP contribution in [0.1, 0.15) is 96.6 Å². The van der Waals surface area contributed by atoms with Gasteiger partial charge in [0.05, 0.1) is 13.2 Å². The summed E-state index contributed by atoms with van der Waals surface area (Å²) in [5.41, 5.74) is 9.05. The Balaban J connectivity index is 1.17. The van der Waals surface area contributed by atoms with Crippen molar-refractivity contribution in [3.63, 3.8) is 0 Å².